The quantitative estimate of drug-likeness (QED) is 0.788. The molecule has 3 atom stereocenters. The molecule has 1 fully saturated rings. The van der Waals surface area contributed by atoms with Crippen molar-refractivity contribution < 1.29 is 9.53 Å². The van der Waals surface area contributed by atoms with Crippen molar-refractivity contribution >= 4 is 16.9 Å². The Labute approximate surface area is 118 Å². The molecule has 1 saturated carbocycles. The molecule has 106 valence electrons. The summed E-state index contributed by atoms with van der Waals surface area (Å²) in [6.45, 7) is 3.72. The summed E-state index contributed by atoms with van der Waals surface area (Å²) in [7, 11) is 0. The third-order valence-electron chi connectivity index (χ3n) is 4.21. The van der Waals surface area contributed by atoms with Gasteiger partial charge in [-0.1, -0.05) is 6.92 Å². The van der Waals surface area contributed by atoms with E-state index < -0.39 is 0 Å². The molecule has 0 spiro atoms. The lowest BCUT2D eigenvalue weighted by molar-refractivity contribution is -0.151. The maximum absolute atomic E-state index is 11.4. The highest BCUT2D eigenvalue weighted by atomic mass is 16.5. The highest BCUT2D eigenvalue weighted by Gasteiger charge is 2.32. The smallest absolute Gasteiger partial charge is 0.302 e. The van der Waals surface area contributed by atoms with E-state index in [0.29, 0.717) is 5.92 Å². The van der Waals surface area contributed by atoms with Gasteiger partial charge in [0.2, 0.25) is 0 Å². The SMILES string of the molecule is CC(=O)O[C@@H]1C[C@H](C)CC[C@H]1n1ccc2cnccc21. The first-order valence-electron chi connectivity index (χ1n) is 7.23. The summed E-state index contributed by atoms with van der Waals surface area (Å²) in [5.74, 6) is 0.423. The predicted octanol–water partition coefficient (Wildman–Crippen LogP) is 3.33. The molecule has 0 radical (unpaired) electrons. The fourth-order valence-electron chi connectivity index (χ4n) is 3.26. The number of ether oxygens (including phenoxy) is 1. The van der Waals surface area contributed by atoms with Crippen molar-refractivity contribution in [2.75, 3.05) is 0 Å². The highest BCUT2D eigenvalue weighted by Crippen LogP contribution is 2.36. The van der Waals surface area contributed by atoms with Crippen molar-refractivity contribution in [3.63, 3.8) is 0 Å². The van der Waals surface area contributed by atoms with E-state index in [-0.39, 0.29) is 18.1 Å². The number of nitrogens with zero attached hydrogens (tertiary/aromatic N) is 2. The fourth-order valence-corrected chi connectivity index (χ4v) is 3.26. The largest absolute Gasteiger partial charge is 0.460 e. The molecule has 0 aliphatic heterocycles. The molecular formula is C16H20N2O2. The number of aromatic nitrogens is 2. The number of carbonyl (C=O) groups excluding carboxylic acids is 1. The van der Waals surface area contributed by atoms with Crippen LogP contribution in [0.4, 0.5) is 0 Å². The van der Waals surface area contributed by atoms with Crippen molar-refractivity contribution in [1.29, 1.82) is 0 Å². The van der Waals surface area contributed by atoms with Gasteiger partial charge in [-0.15, -0.1) is 0 Å². The zero-order valence-electron chi connectivity index (χ0n) is 12.0. The lowest BCUT2D eigenvalue weighted by atomic mass is 9.84. The number of hydrogen-bond acceptors (Lipinski definition) is 3. The highest BCUT2D eigenvalue weighted by molar-refractivity contribution is 5.79. The lowest BCUT2D eigenvalue weighted by Crippen LogP contribution is -2.34. The first-order valence-corrected chi connectivity index (χ1v) is 7.23. The molecule has 2 heterocycles. The third-order valence-corrected chi connectivity index (χ3v) is 4.21. The van der Waals surface area contributed by atoms with Gasteiger partial charge in [0.1, 0.15) is 6.10 Å². The average molecular weight is 272 g/mol. The minimum absolute atomic E-state index is 0.0278. The summed E-state index contributed by atoms with van der Waals surface area (Å²) in [4.78, 5) is 15.5. The van der Waals surface area contributed by atoms with Crippen LogP contribution in [0.25, 0.3) is 10.9 Å². The second-order valence-electron chi connectivity index (χ2n) is 5.79. The number of fused-ring (bicyclic) bond motifs is 1. The topological polar surface area (TPSA) is 44.1 Å². The molecule has 4 nitrogen and oxygen atoms in total. The van der Waals surface area contributed by atoms with Crippen LogP contribution in [0.5, 0.6) is 0 Å². The summed E-state index contributed by atoms with van der Waals surface area (Å²) in [5.41, 5.74) is 1.16. The Balaban J connectivity index is 1.95. The normalized spacial score (nSPS) is 26.6. The Morgan fingerprint density at radius 2 is 2.25 bits per heavy atom. The molecule has 0 amide bonds. The Kier molecular flexibility index (Phi) is 3.47. The van der Waals surface area contributed by atoms with Crippen LogP contribution in [0.15, 0.2) is 30.7 Å². The van der Waals surface area contributed by atoms with E-state index in [0.717, 1.165) is 23.7 Å². The van der Waals surface area contributed by atoms with Gasteiger partial charge < -0.3 is 9.30 Å². The minimum Gasteiger partial charge on any atom is -0.460 e. The average Bonchev–Trinajstić information content (AvgIpc) is 2.82. The van der Waals surface area contributed by atoms with Gasteiger partial charge in [-0.3, -0.25) is 9.78 Å². The molecule has 2 aromatic rings. The van der Waals surface area contributed by atoms with E-state index in [1.54, 1.807) is 0 Å². The first-order chi connectivity index (χ1) is 9.65. The monoisotopic (exact) mass is 272 g/mol. The van der Waals surface area contributed by atoms with Crippen molar-refractivity contribution in [2.24, 2.45) is 5.92 Å². The van der Waals surface area contributed by atoms with Gasteiger partial charge in [0.05, 0.1) is 11.6 Å². The van der Waals surface area contributed by atoms with Crippen LogP contribution in [0.2, 0.25) is 0 Å². The van der Waals surface area contributed by atoms with E-state index in [1.165, 1.54) is 13.3 Å². The summed E-state index contributed by atoms with van der Waals surface area (Å²) in [6, 6.07) is 4.33. The van der Waals surface area contributed by atoms with Crippen LogP contribution in [-0.2, 0) is 9.53 Å². The Morgan fingerprint density at radius 1 is 1.40 bits per heavy atom. The Morgan fingerprint density at radius 3 is 3.05 bits per heavy atom. The molecule has 2 aromatic heterocycles. The van der Waals surface area contributed by atoms with Gasteiger partial charge >= 0.3 is 5.97 Å². The summed E-state index contributed by atoms with van der Waals surface area (Å²) < 4.78 is 7.82. The lowest BCUT2D eigenvalue weighted by Gasteiger charge is -2.35. The van der Waals surface area contributed by atoms with Crippen LogP contribution < -0.4 is 0 Å². The number of esters is 1. The van der Waals surface area contributed by atoms with Gasteiger partial charge in [-0.2, -0.15) is 0 Å². The molecule has 1 aliphatic carbocycles. The van der Waals surface area contributed by atoms with Crippen molar-refractivity contribution in [3.8, 4) is 0 Å². The third kappa shape index (κ3) is 2.42. The maximum atomic E-state index is 11.4. The van der Waals surface area contributed by atoms with Crippen LogP contribution in [-0.4, -0.2) is 21.6 Å². The van der Waals surface area contributed by atoms with E-state index in [9.17, 15) is 4.79 Å². The Bertz CT molecular complexity index is 620. The van der Waals surface area contributed by atoms with Gasteiger partial charge in [-0.25, -0.2) is 0 Å². The molecule has 4 heteroatoms. The van der Waals surface area contributed by atoms with Crippen molar-refractivity contribution in [3.05, 3.63) is 30.7 Å². The Hall–Kier alpha value is -1.84. The number of carbonyl (C=O) groups is 1. The molecule has 0 unspecified atom stereocenters. The number of pyridine rings is 1. The van der Waals surface area contributed by atoms with Crippen molar-refractivity contribution in [1.82, 2.24) is 9.55 Å². The molecule has 20 heavy (non-hydrogen) atoms. The van der Waals surface area contributed by atoms with Crippen LogP contribution in [0, 0.1) is 5.92 Å². The zero-order valence-corrected chi connectivity index (χ0v) is 12.0. The van der Waals surface area contributed by atoms with Crippen LogP contribution in [0.1, 0.15) is 39.2 Å². The van der Waals surface area contributed by atoms with E-state index in [1.807, 2.05) is 18.5 Å². The van der Waals surface area contributed by atoms with Gasteiger partial charge in [0, 0.05) is 30.9 Å². The van der Waals surface area contributed by atoms with Gasteiger partial charge in [-0.05, 0) is 37.3 Å². The maximum Gasteiger partial charge on any atom is 0.302 e. The summed E-state index contributed by atoms with van der Waals surface area (Å²) in [5, 5.41) is 1.13. The van der Waals surface area contributed by atoms with Gasteiger partial charge in [0.15, 0.2) is 0 Å². The molecule has 0 aromatic carbocycles. The zero-order chi connectivity index (χ0) is 14.1. The number of rotatable bonds is 2. The summed E-state index contributed by atoms with van der Waals surface area (Å²) in [6.07, 6.45) is 8.90. The van der Waals surface area contributed by atoms with Crippen molar-refractivity contribution in [2.45, 2.75) is 45.3 Å². The fraction of sp³-hybridized carbons (Fsp3) is 0.500. The summed E-state index contributed by atoms with van der Waals surface area (Å²) >= 11 is 0. The first kappa shape index (κ1) is 13.2. The minimum atomic E-state index is -0.188. The second-order valence-corrected chi connectivity index (χ2v) is 5.79. The molecule has 0 saturated heterocycles. The predicted molar refractivity (Wildman–Crippen MR) is 77.3 cm³/mol. The molecule has 0 N–H and O–H groups in total. The molecule has 3 rings (SSSR count). The van der Waals surface area contributed by atoms with Gasteiger partial charge in [0.25, 0.3) is 0 Å². The number of hydrogen-bond donors (Lipinski definition) is 0. The van der Waals surface area contributed by atoms with Crippen LogP contribution >= 0.6 is 0 Å². The second kappa shape index (κ2) is 5.27. The van der Waals surface area contributed by atoms with E-state index in [2.05, 4.69) is 28.7 Å². The van der Waals surface area contributed by atoms with E-state index >= 15 is 0 Å². The molecule has 0 bridgehead atoms. The molecule has 1 aliphatic rings. The van der Waals surface area contributed by atoms with E-state index in [4.69, 9.17) is 4.74 Å². The standard InChI is InChI=1S/C16H20N2O2/c1-11-3-4-15(16(9-11)20-12(2)19)18-8-6-13-10-17-7-5-14(13)18/h5-8,10-11,15-16H,3-4,9H2,1-2H3/t11-,15-,16-/m1/s1. The van der Waals surface area contributed by atoms with Crippen LogP contribution in [0.3, 0.4) is 0 Å². The molecular weight excluding hydrogens is 252 g/mol.